The van der Waals surface area contributed by atoms with Gasteiger partial charge in [-0.1, -0.05) is 17.3 Å². The topological polar surface area (TPSA) is 111 Å². The molecule has 0 aliphatic carbocycles. The van der Waals surface area contributed by atoms with Crippen molar-refractivity contribution in [2.75, 3.05) is 6.54 Å². The molecule has 1 atom stereocenters. The van der Waals surface area contributed by atoms with Crippen LogP contribution in [0.1, 0.15) is 33.4 Å². The van der Waals surface area contributed by atoms with Crippen molar-refractivity contribution in [3.63, 3.8) is 0 Å². The lowest BCUT2D eigenvalue weighted by molar-refractivity contribution is -0.133. The van der Waals surface area contributed by atoms with Crippen molar-refractivity contribution in [2.24, 2.45) is 5.73 Å². The highest BCUT2D eigenvalue weighted by Crippen LogP contribution is 2.36. The van der Waals surface area contributed by atoms with Gasteiger partial charge in [0, 0.05) is 11.4 Å². The smallest absolute Gasteiger partial charge is 0.278 e. The number of carbonyl (C=O) groups is 2. The fraction of sp³-hybridized carbons (Fsp3) is 0.278. The van der Waals surface area contributed by atoms with E-state index in [1.165, 1.54) is 11.3 Å². The number of nitrogens with two attached hydrogens (primary N) is 1. The standard InChI is InChI=1S/C18H17N5O3S/c19-17(25)15-8-7-14(27-15)13-6-3-9-22(13)16(24)10-23-18(26)11-4-1-2-5-12(11)20-21-23/h1-2,4-5,7-8,13H,3,6,9-10H2,(H2,19,25)/t13-/m0/s1. The molecule has 0 radical (unpaired) electrons. The monoisotopic (exact) mass is 383 g/mol. The van der Waals surface area contributed by atoms with Gasteiger partial charge in [0.25, 0.3) is 11.5 Å². The van der Waals surface area contributed by atoms with Crippen LogP contribution in [0.25, 0.3) is 10.9 Å². The van der Waals surface area contributed by atoms with Gasteiger partial charge in [0.05, 0.1) is 16.3 Å². The van der Waals surface area contributed by atoms with Crippen molar-refractivity contribution >= 4 is 34.1 Å². The number of fused-ring (bicyclic) bond motifs is 1. The van der Waals surface area contributed by atoms with Crippen LogP contribution in [0.4, 0.5) is 0 Å². The minimum atomic E-state index is -0.472. The fourth-order valence-corrected chi connectivity index (χ4v) is 4.38. The highest BCUT2D eigenvalue weighted by Gasteiger charge is 2.31. The van der Waals surface area contributed by atoms with Gasteiger partial charge in [0.1, 0.15) is 12.1 Å². The Balaban J connectivity index is 1.58. The summed E-state index contributed by atoms with van der Waals surface area (Å²) in [6.07, 6.45) is 1.67. The van der Waals surface area contributed by atoms with E-state index in [1.54, 1.807) is 35.2 Å². The summed E-state index contributed by atoms with van der Waals surface area (Å²) in [6.45, 7) is 0.435. The fourth-order valence-electron chi connectivity index (χ4n) is 3.37. The molecule has 1 aromatic carbocycles. The van der Waals surface area contributed by atoms with Crippen molar-refractivity contribution in [1.82, 2.24) is 19.9 Å². The number of carbonyl (C=O) groups excluding carboxylic acids is 2. The van der Waals surface area contributed by atoms with E-state index in [-0.39, 0.29) is 24.1 Å². The zero-order chi connectivity index (χ0) is 19.0. The van der Waals surface area contributed by atoms with Crippen LogP contribution in [0.2, 0.25) is 0 Å². The van der Waals surface area contributed by atoms with E-state index >= 15 is 0 Å². The quantitative estimate of drug-likeness (QED) is 0.730. The minimum Gasteiger partial charge on any atom is -0.365 e. The van der Waals surface area contributed by atoms with Gasteiger partial charge in [0.2, 0.25) is 5.91 Å². The Hall–Kier alpha value is -3.07. The van der Waals surface area contributed by atoms with E-state index in [2.05, 4.69) is 10.3 Å². The number of hydrogen-bond acceptors (Lipinski definition) is 6. The van der Waals surface area contributed by atoms with Crippen molar-refractivity contribution < 1.29 is 9.59 Å². The van der Waals surface area contributed by atoms with E-state index in [4.69, 9.17) is 5.73 Å². The predicted octanol–water partition coefficient (Wildman–Crippen LogP) is 1.32. The molecular weight excluding hydrogens is 366 g/mol. The third kappa shape index (κ3) is 3.21. The molecule has 0 spiro atoms. The summed E-state index contributed by atoms with van der Waals surface area (Å²) >= 11 is 1.31. The van der Waals surface area contributed by atoms with Crippen LogP contribution in [-0.4, -0.2) is 38.3 Å². The van der Waals surface area contributed by atoms with Gasteiger partial charge in [-0.3, -0.25) is 14.4 Å². The molecule has 3 aromatic rings. The molecule has 2 N–H and O–H groups in total. The van der Waals surface area contributed by atoms with Crippen molar-refractivity contribution in [3.8, 4) is 0 Å². The first kappa shape index (κ1) is 17.3. The molecule has 4 rings (SSSR count). The third-order valence-electron chi connectivity index (χ3n) is 4.69. The Labute approximate surface area is 158 Å². The van der Waals surface area contributed by atoms with Crippen LogP contribution in [0, 0.1) is 0 Å². The molecule has 3 heterocycles. The molecule has 0 saturated carbocycles. The molecule has 9 heteroatoms. The number of nitrogens with zero attached hydrogens (tertiary/aromatic N) is 4. The summed E-state index contributed by atoms with van der Waals surface area (Å²) in [6, 6.07) is 10.3. The maximum atomic E-state index is 12.8. The number of benzene rings is 1. The first-order valence-corrected chi connectivity index (χ1v) is 9.38. The van der Waals surface area contributed by atoms with Crippen molar-refractivity contribution in [3.05, 3.63) is 56.5 Å². The highest BCUT2D eigenvalue weighted by atomic mass is 32.1. The first-order chi connectivity index (χ1) is 13.0. The van der Waals surface area contributed by atoms with Gasteiger partial charge in [-0.15, -0.1) is 16.4 Å². The van der Waals surface area contributed by atoms with Gasteiger partial charge < -0.3 is 10.6 Å². The van der Waals surface area contributed by atoms with Gasteiger partial charge in [0.15, 0.2) is 0 Å². The second-order valence-electron chi connectivity index (χ2n) is 6.38. The van der Waals surface area contributed by atoms with Gasteiger partial charge in [-0.05, 0) is 37.1 Å². The molecule has 1 fully saturated rings. The zero-order valence-corrected chi connectivity index (χ0v) is 15.2. The summed E-state index contributed by atoms with van der Waals surface area (Å²) in [5.74, 6) is -0.668. The minimum absolute atomic E-state index is 0.111. The largest absolute Gasteiger partial charge is 0.365 e. The third-order valence-corrected chi connectivity index (χ3v) is 5.89. The van der Waals surface area contributed by atoms with Gasteiger partial charge >= 0.3 is 0 Å². The van der Waals surface area contributed by atoms with E-state index in [0.717, 1.165) is 22.4 Å². The predicted molar refractivity (Wildman–Crippen MR) is 100 cm³/mol. The van der Waals surface area contributed by atoms with E-state index in [1.807, 2.05) is 6.07 Å². The summed E-state index contributed by atoms with van der Waals surface area (Å²) in [5, 5.41) is 8.34. The molecule has 8 nitrogen and oxygen atoms in total. The lowest BCUT2D eigenvalue weighted by Gasteiger charge is -2.24. The lowest BCUT2D eigenvalue weighted by Crippen LogP contribution is -2.37. The molecular formula is C18H17N5O3S. The van der Waals surface area contributed by atoms with Gasteiger partial charge in [-0.25, -0.2) is 4.68 Å². The maximum Gasteiger partial charge on any atom is 0.278 e. The molecule has 0 bridgehead atoms. The highest BCUT2D eigenvalue weighted by molar-refractivity contribution is 7.14. The Morgan fingerprint density at radius 1 is 1.22 bits per heavy atom. The van der Waals surface area contributed by atoms with Crippen LogP contribution in [0.3, 0.4) is 0 Å². The Morgan fingerprint density at radius 3 is 2.81 bits per heavy atom. The normalized spacial score (nSPS) is 16.7. The van der Waals surface area contributed by atoms with Crippen molar-refractivity contribution in [2.45, 2.75) is 25.4 Å². The summed E-state index contributed by atoms with van der Waals surface area (Å²) < 4.78 is 1.10. The summed E-state index contributed by atoms with van der Waals surface area (Å²) in [7, 11) is 0. The lowest BCUT2D eigenvalue weighted by atomic mass is 10.2. The molecule has 0 unspecified atom stereocenters. The average molecular weight is 383 g/mol. The van der Waals surface area contributed by atoms with Crippen LogP contribution in [0.5, 0.6) is 0 Å². The Kier molecular flexibility index (Phi) is 4.44. The maximum absolute atomic E-state index is 12.8. The van der Waals surface area contributed by atoms with E-state index in [0.29, 0.717) is 22.3 Å². The summed E-state index contributed by atoms with van der Waals surface area (Å²) in [5.41, 5.74) is 5.49. The molecule has 1 aliphatic rings. The second-order valence-corrected chi connectivity index (χ2v) is 7.50. The molecule has 2 aromatic heterocycles. The Morgan fingerprint density at radius 2 is 2.04 bits per heavy atom. The number of hydrogen-bond donors (Lipinski definition) is 1. The number of primary amides is 1. The molecule has 138 valence electrons. The number of amides is 2. The van der Waals surface area contributed by atoms with Crippen molar-refractivity contribution in [1.29, 1.82) is 0 Å². The number of rotatable bonds is 4. The van der Waals surface area contributed by atoms with E-state index < -0.39 is 5.91 Å². The van der Waals surface area contributed by atoms with Gasteiger partial charge in [-0.2, -0.15) is 0 Å². The van der Waals surface area contributed by atoms with Crippen LogP contribution in [0.15, 0.2) is 41.2 Å². The number of likely N-dealkylation sites (tertiary alicyclic amines) is 1. The summed E-state index contributed by atoms with van der Waals surface area (Å²) in [4.78, 5) is 39.8. The second kappa shape index (κ2) is 6.92. The Bertz CT molecular complexity index is 1090. The SMILES string of the molecule is NC(=O)c1ccc([C@@H]2CCCN2C(=O)Cn2nnc3ccccc3c2=O)s1. The van der Waals surface area contributed by atoms with Crippen LogP contribution < -0.4 is 11.3 Å². The van der Waals surface area contributed by atoms with Crippen LogP contribution >= 0.6 is 11.3 Å². The average Bonchev–Trinajstić information content (AvgIpc) is 3.33. The molecule has 2 amide bonds. The molecule has 27 heavy (non-hydrogen) atoms. The molecule has 1 aliphatic heterocycles. The number of aromatic nitrogens is 3. The van der Waals surface area contributed by atoms with E-state index in [9.17, 15) is 14.4 Å². The van der Waals surface area contributed by atoms with Crippen LogP contribution in [-0.2, 0) is 11.3 Å². The number of thiophene rings is 1. The zero-order valence-electron chi connectivity index (χ0n) is 14.4. The molecule has 1 saturated heterocycles. The first-order valence-electron chi connectivity index (χ1n) is 8.56.